The van der Waals surface area contributed by atoms with Gasteiger partial charge in [0, 0.05) is 0 Å². The minimum Gasteiger partial charge on any atom is -0.596 e. The van der Waals surface area contributed by atoms with E-state index >= 15 is 0 Å². The predicted octanol–water partition coefficient (Wildman–Crippen LogP) is 12.7. The smallest absolute Gasteiger partial charge is 0.596 e. The molecule has 2 atom stereocenters. The molecule has 0 N–H and O–H groups in total. The van der Waals surface area contributed by atoms with Gasteiger partial charge in [-0.25, -0.2) is 0 Å². The first-order valence-electron chi connectivity index (χ1n) is 18.8. The fourth-order valence-electron chi connectivity index (χ4n) is 5.58. The molecule has 0 saturated heterocycles. The number of unbranched alkanes of at least 4 members (excludes halogenated alkanes) is 30. The molecule has 0 heterocycles. The molecule has 0 aromatic carbocycles. The minimum atomic E-state index is -2.14. The van der Waals surface area contributed by atoms with Crippen molar-refractivity contribution >= 4 is 16.1 Å². The molecule has 2 unspecified atom stereocenters. The first kappa shape index (κ1) is 48.0. The van der Waals surface area contributed by atoms with Crippen LogP contribution in [-0.4, -0.2) is 12.3 Å². The molecule has 0 aliphatic heterocycles. The van der Waals surface area contributed by atoms with E-state index in [9.17, 15) is 18.9 Å². The van der Waals surface area contributed by atoms with Crippen molar-refractivity contribution in [3.63, 3.8) is 0 Å². The second-order valence-corrected chi connectivity index (χ2v) is 14.9. The van der Waals surface area contributed by atoms with E-state index < -0.39 is 16.1 Å². The molecular weight excluding hydrogens is 614 g/mol. The van der Waals surface area contributed by atoms with Gasteiger partial charge in [-0.2, -0.15) is 0 Å². The average molecular weight is 689 g/mol. The molecule has 0 saturated carbocycles. The van der Waals surface area contributed by atoms with Gasteiger partial charge in [-0.3, -0.25) is 0 Å². The van der Waals surface area contributed by atoms with Crippen molar-refractivity contribution in [2.75, 3.05) is 12.3 Å². The fraction of sp³-hybridized carbons (Fsp3) is 1.00. The van der Waals surface area contributed by atoms with Gasteiger partial charge >= 0.3 is 33.1 Å². The molecule has 0 aliphatic carbocycles. The summed E-state index contributed by atoms with van der Waals surface area (Å²) in [5.41, 5.74) is 0. The van der Waals surface area contributed by atoms with Crippen molar-refractivity contribution in [3.05, 3.63) is 0 Å². The standard InChI is InChI=1S/2C18H37O2P.Fe/c2*1-2-3-4-5-6-7-8-9-10-11-12-13-14-15-16-17-18-21(19)20;/h2*2-18H2,1H3;/q;;+2. The maximum atomic E-state index is 10.4. The molecule has 0 fully saturated rings. The van der Waals surface area contributed by atoms with Gasteiger partial charge in [0.2, 0.25) is 0 Å². The van der Waals surface area contributed by atoms with E-state index in [0.717, 1.165) is 25.7 Å². The molecule has 0 spiro atoms. The van der Waals surface area contributed by atoms with E-state index in [2.05, 4.69) is 13.8 Å². The summed E-state index contributed by atoms with van der Waals surface area (Å²) in [6, 6.07) is 0. The summed E-state index contributed by atoms with van der Waals surface area (Å²) in [4.78, 5) is 20.8. The average Bonchev–Trinajstić information content (AvgIpc) is 2.97. The molecular formula is C36H74FeO4P2+2. The van der Waals surface area contributed by atoms with Gasteiger partial charge in [0.1, 0.15) is 12.3 Å². The van der Waals surface area contributed by atoms with Gasteiger partial charge in [0.25, 0.3) is 0 Å². The zero-order valence-electron chi connectivity index (χ0n) is 28.9. The van der Waals surface area contributed by atoms with Gasteiger partial charge in [0.15, 0.2) is 0 Å². The van der Waals surface area contributed by atoms with Crippen LogP contribution in [0.15, 0.2) is 0 Å². The van der Waals surface area contributed by atoms with Crippen LogP contribution < -0.4 is 9.79 Å². The van der Waals surface area contributed by atoms with Crippen LogP contribution in [-0.2, 0) is 26.2 Å². The molecule has 258 valence electrons. The molecule has 7 heteroatoms. The third-order valence-electron chi connectivity index (χ3n) is 8.39. The minimum absolute atomic E-state index is 0. The van der Waals surface area contributed by atoms with E-state index in [1.165, 1.54) is 180 Å². The van der Waals surface area contributed by atoms with Crippen molar-refractivity contribution in [2.24, 2.45) is 0 Å². The fourth-order valence-corrected chi connectivity index (χ4v) is 6.54. The third-order valence-corrected chi connectivity index (χ3v) is 9.75. The first-order chi connectivity index (χ1) is 20.5. The van der Waals surface area contributed by atoms with Gasteiger partial charge in [-0.1, -0.05) is 203 Å². The Kier molecular flexibility index (Phi) is 50.0. The number of hydrogen-bond acceptors (Lipinski definition) is 4. The summed E-state index contributed by atoms with van der Waals surface area (Å²) in [6.07, 6.45) is 43.4. The van der Waals surface area contributed by atoms with Crippen LogP contribution in [0.3, 0.4) is 0 Å². The van der Waals surface area contributed by atoms with Crippen LogP contribution in [0, 0.1) is 0 Å². The van der Waals surface area contributed by atoms with Crippen LogP contribution in [0.1, 0.15) is 219 Å². The van der Waals surface area contributed by atoms with E-state index in [1.807, 2.05) is 0 Å². The second-order valence-electron chi connectivity index (χ2n) is 12.7. The van der Waals surface area contributed by atoms with Gasteiger partial charge in [-0.05, 0) is 25.7 Å². The summed E-state index contributed by atoms with van der Waals surface area (Å²) in [7, 11) is -4.29. The van der Waals surface area contributed by atoms with E-state index in [1.54, 1.807) is 0 Å². The first-order valence-corrected chi connectivity index (χ1v) is 21.5. The molecule has 0 radical (unpaired) electrons. The van der Waals surface area contributed by atoms with E-state index in [0.29, 0.717) is 12.3 Å². The quantitative estimate of drug-likeness (QED) is 0.0383. The maximum Gasteiger partial charge on any atom is 2.00 e. The van der Waals surface area contributed by atoms with Crippen LogP contribution in [0.2, 0.25) is 0 Å². The number of hydrogen-bond donors (Lipinski definition) is 0. The SMILES string of the molecule is CCCCCCCCCCCCCCCCCC[P+](=O)[O-].CCCCCCCCCCCCCCCCCC[P+](=O)[O-].[Fe+2]. The van der Waals surface area contributed by atoms with Crippen LogP contribution in [0.5, 0.6) is 0 Å². The summed E-state index contributed by atoms with van der Waals surface area (Å²) in [5, 5.41) is 0. The third kappa shape index (κ3) is 52.5. The van der Waals surface area contributed by atoms with Crippen LogP contribution in [0.25, 0.3) is 0 Å². The number of rotatable bonds is 34. The van der Waals surface area contributed by atoms with Crippen molar-refractivity contribution in [2.45, 2.75) is 219 Å². The predicted molar refractivity (Wildman–Crippen MR) is 184 cm³/mol. The summed E-state index contributed by atoms with van der Waals surface area (Å²) in [6.45, 7) is 4.55. The zero-order valence-corrected chi connectivity index (χ0v) is 31.8. The van der Waals surface area contributed by atoms with Crippen molar-refractivity contribution in [3.8, 4) is 0 Å². The topological polar surface area (TPSA) is 80.3 Å². The Morgan fingerprint density at radius 2 is 0.442 bits per heavy atom. The van der Waals surface area contributed by atoms with Gasteiger partial charge in [0.05, 0.1) is 0 Å². The Morgan fingerprint density at radius 1 is 0.302 bits per heavy atom. The van der Waals surface area contributed by atoms with Crippen LogP contribution >= 0.6 is 16.1 Å². The largest absolute Gasteiger partial charge is 2.00 e. The normalized spacial score (nSPS) is 11.5. The molecule has 0 bridgehead atoms. The second kappa shape index (κ2) is 44.8. The van der Waals surface area contributed by atoms with Crippen LogP contribution in [0.4, 0.5) is 0 Å². The Hall–Kier alpha value is 0.639. The van der Waals surface area contributed by atoms with Gasteiger partial charge < -0.3 is 9.79 Å². The molecule has 0 aromatic heterocycles. The molecule has 0 rings (SSSR count). The van der Waals surface area contributed by atoms with Crippen molar-refractivity contribution < 1.29 is 36.0 Å². The molecule has 43 heavy (non-hydrogen) atoms. The summed E-state index contributed by atoms with van der Waals surface area (Å²) in [5.74, 6) is 0. The van der Waals surface area contributed by atoms with E-state index in [4.69, 9.17) is 0 Å². The van der Waals surface area contributed by atoms with Crippen molar-refractivity contribution in [1.29, 1.82) is 0 Å². The van der Waals surface area contributed by atoms with E-state index in [-0.39, 0.29) is 17.1 Å². The molecule has 4 nitrogen and oxygen atoms in total. The van der Waals surface area contributed by atoms with Gasteiger partial charge in [-0.15, -0.1) is 0 Å². The Labute approximate surface area is 282 Å². The maximum absolute atomic E-state index is 10.4. The molecule has 0 amide bonds. The monoisotopic (exact) mass is 688 g/mol. The summed E-state index contributed by atoms with van der Waals surface area (Å²) < 4.78 is 20.8. The Balaban J connectivity index is -0.000000727. The molecule has 0 aliphatic rings. The zero-order chi connectivity index (χ0) is 31.2. The van der Waals surface area contributed by atoms with Crippen molar-refractivity contribution in [1.82, 2.24) is 0 Å². The Bertz CT molecular complexity index is 491. The molecule has 0 aromatic rings. The Morgan fingerprint density at radius 3 is 0.581 bits per heavy atom. The summed E-state index contributed by atoms with van der Waals surface area (Å²) >= 11 is 0.